The van der Waals surface area contributed by atoms with Crippen molar-refractivity contribution in [3.8, 4) is 16.9 Å². The Kier molecular flexibility index (Phi) is 5.81. The van der Waals surface area contributed by atoms with Crippen LogP contribution in [-0.4, -0.2) is 26.9 Å². The number of benzene rings is 2. The van der Waals surface area contributed by atoms with Gasteiger partial charge in [0.25, 0.3) is 0 Å². The monoisotopic (exact) mass is 415 g/mol. The lowest BCUT2D eigenvalue weighted by Crippen LogP contribution is -2.19. The minimum Gasteiger partial charge on any atom is -0.273 e. The van der Waals surface area contributed by atoms with Crippen LogP contribution in [0.2, 0.25) is 0 Å². The van der Waals surface area contributed by atoms with Crippen molar-refractivity contribution in [3.63, 3.8) is 0 Å². The molecule has 0 aliphatic carbocycles. The number of hydrazone groups is 1. The van der Waals surface area contributed by atoms with Gasteiger partial charge in [-0.15, -0.1) is 11.3 Å². The third kappa shape index (κ3) is 4.69. The molecular formula is C23H21N5OS. The normalized spacial score (nSPS) is 11.1. The molecule has 2 aromatic heterocycles. The van der Waals surface area contributed by atoms with Crippen molar-refractivity contribution in [3.05, 3.63) is 88.0 Å². The van der Waals surface area contributed by atoms with E-state index in [2.05, 4.69) is 27.6 Å². The number of amides is 1. The summed E-state index contributed by atoms with van der Waals surface area (Å²) in [5.74, 6) is -0.201. The zero-order valence-electron chi connectivity index (χ0n) is 16.7. The van der Waals surface area contributed by atoms with E-state index in [1.165, 1.54) is 16.9 Å². The fraction of sp³-hybridized carbons (Fsp3) is 0.130. The molecule has 4 rings (SSSR count). The standard InChI is InChI=1S/C23H21N5OS/c1-16-8-10-18(11-9-16)23-19(14-28(27-23)20-6-4-3-5-7-20)13-24-26-21(29)12-22-25-17(2)15-30-22/h3-11,13-15H,12H2,1-2H3,(H,26,29)/b24-13-. The summed E-state index contributed by atoms with van der Waals surface area (Å²) in [4.78, 5) is 16.5. The van der Waals surface area contributed by atoms with Crippen molar-refractivity contribution in [1.29, 1.82) is 0 Å². The molecule has 0 radical (unpaired) electrons. The first-order valence-electron chi connectivity index (χ1n) is 9.53. The Morgan fingerprint density at radius 3 is 2.60 bits per heavy atom. The molecule has 0 spiro atoms. The second-order valence-electron chi connectivity index (χ2n) is 6.93. The van der Waals surface area contributed by atoms with E-state index >= 15 is 0 Å². The molecule has 150 valence electrons. The molecule has 0 atom stereocenters. The first-order valence-corrected chi connectivity index (χ1v) is 10.4. The van der Waals surface area contributed by atoms with E-state index in [0.29, 0.717) is 0 Å². The molecule has 0 aliphatic heterocycles. The Morgan fingerprint density at radius 2 is 1.90 bits per heavy atom. The number of rotatable bonds is 6. The van der Waals surface area contributed by atoms with Gasteiger partial charge in [-0.1, -0.05) is 48.0 Å². The Balaban J connectivity index is 1.57. The lowest BCUT2D eigenvalue weighted by Gasteiger charge is -2.01. The maximum absolute atomic E-state index is 12.2. The van der Waals surface area contributed by atoms with Gasteiger partial charge in [0.15, 0.2) is 0 Å². The molecule has 0 aliphatic rings. The Morgan fingerprint density at radius 1 is 1.13 bits per heavy atom. The Bertz CT molecular complexity index is 1180. The molecule has 1 amide bonds. The van der Waals surface area contributed by atoms with Crippen LogP contribution in [0.15, 0.2) is 71.3 Å². The predicted molar refractivity (Wildman–Crippen MR) is 120 cm³/mol. The zero-order chi connectivity index (χ0) is 20.9. The van der Waals surface area contributed by atoms with Gasteiger partial charge in [-0.3, -0.25) is 4.79 Å². The second kappa shape index (κ2) is 8.84. The van der Waals surface area contributed by atoms with Crippen LogP contribution in [0.3, 0.4) is 0 Å². The second-order valence-corrected chi connectivity index (χ2v) is 7.87. The molecule has 2 heterocycles. The van der Waals surface area contributed by atoms with Gasteiger partial charge in [-0.2, -0.15) is 10.2 Å². The van der Waals surface area contributed by atoms with Crippen LogP contribution < -0.4 is 5.43 Å². The van der Waals surface area contributed by atoms with Gasteiger partial charge >= 0.3 is 0 Å². The van der Waals surface area contributed by atoms with E-state index in [9.17, 15) is 4.79 Å². The van der Waals surface area contributed by atoms with E-state index in [-0.39, 0.29) is 12.3 Å². The van der Waals surface area contributed by atoms with Gasteiger partial charge in [0, 0.05) is 28.4 Å². The predicted octanol–water partition coefficient (Wildman–Crippen LogP) is 4.31. The van der Waals surface area contributed by atoms with Crippen molar-refractivity contribution in [1.82, 2.24) is 20.2 Å². The SMILES string of the molecule is Cc1ccc(-c2nn(-c3ccccc3)cc2/C=N\NC(=O)Cc2nc(C)cs2)cc1. The molecule has 6 nitrogen and oxygen atoms in total. The van der Waals surface area contributed by atoms with Gasteiger partial charge in [-0.05, 0) is 26.0 Å². The number of carbonyl (C=O) groups is 1. The molecule has 0 saturated carbocycles. The summed E-state index contributed by atoms with van der Waals surface area (Å²) in [6, 6.07) is 18.1. The van der Waals surface area contributed by atoms with Crippen LogP contribution in [0.4, 0.5) is 0 Å². The maximum atomic E-state index is 12.2. The smallest absolute Gasteiger partial charge is 0.246 e. The highest BCUT2D eigenvalue weighted by molar-refractivity contribution is 7.09. The first kappa shape index (κ1) is 19.7. The summed E-state index contributed by atoms with van der Waals surface area (Å²) in [5.41, 5.74) is 8.24. The van der Waals surface area contributed by atoms with Gasteiger partial charge in [0.1, 0.15) is 10.7 Å². The molecule has 7 heteroatoms. The number of aryl methyl sites for hydroxylation is 2. The quantitative estimate of drug-likeness (QED) is 0.377. The van der Waals surface area contributed by atoms with Gasteiger partial charge in [0.2, 0.25) is 5.91 Å². The molecule has 4 aromatic rings. The number of nitrogens with zero attached hydrogens (tertiary/aromatic N) is 4. The molecule has 0 saturated heterocycles. The number of hydrogen-bond acceptors (Lipinski definition) is 5. The van der Waals surface area contributed by atoms with Crippen LogP contribution in [0.1, 0.15) is 21.8 Å². The number of nitrogens with one attached hydrogen (secondary N) is 1. The van der Waals surface area contributed by atoms with Gasteiger partial charge < -0.3 is 0 Å². The van der Waals surface area contributed by atoms with E-state index in [1.54, 1.807) is 6.21 Å². The van der Waals surface area contributed by atoms with Crippen molar-refractivity contribution >= 4 is 23.5 Å². The highest BCUT2D eigenvalue weighted by atomic mass is 32.1. The lowest BCUT2D eigenvalue weighted by atomic mass is 10.1. The largest absolute Gasteiger partial charge is 0.273 e. The highest BCUT2D eigenvalue weighted by Gasteiger charge is 2.11. The van der Waals surface area contributed by atoms with Crippen molar-refractivity contribution < 1.29 is 4.79 Å². The third-order valence-corrected chi connectivity index (χ3v) is 5.43. The molecule has 1 N–H and O–H groups in total. The summed E-state index contributed by atoms with van der Waals surface area (Å²) >= 11 is 1.47. The zero-order valence-corrected chi connectivity index (χ0v) is 17.6. The summed E-state index contributed by atoms with van der Waals surface area (Å²) in [6.07, 6.45) is 3.75. The van der Waals surface area contributed by atoms with Gasteiger partial charge in [-0.25, -0.2) is 15.1 Å². The van der Waals surface area contributed by atoms with E-state index < -0.39 is 0 Å². The number of hydrogen-bond donors (Lipinski definition) is 1. The topological polar surface area (TPSA) is 72.2 Å². The van der Waals surface area contributed by atoms with Gasteiger partial charge in [0.05, 0.1) is 18.3 Å². The molecule has 0 unspecified atom stereocenters. The molecule has 2 aromatic carbocycles. The average molecular weight is 416 g/mol. The summed E-state index contributed by atoms with van der Waals surface area (Å²) in [5, 5.41) is 11.6. The number of thiazole rings is 1. The molecule has 30 heavy (non-hydrogen) atoms. The summed E-state index contributed by atoms with van der Waals surface area (Å²) in [7, 11) is 0. The van der Waals surface area contributed by atoms with Crippen LogP contribution >= 0.6 is 11.3 Å². The van der Waals surface area contributed by atoms with E-state index in [1.807, 2.05) is 72.6 Å². The van der Waals surface area contributed by atoms with Crippen molar-refractivity contribution in [2.45, 2.75) is 20.3 Å². The van der Waals surface area contributed by atoms with Crippen LogP contribution in [0, 0.1) is 13.8 Å². The van der Waals surface area contributed by atoms with E-state index in [0.717, 1.165) is 33.2 Å². The maximum Gasteiger partial charge on any atom is 0.246 e. The number of para-hydroxylation sites is 1. The Hall–Kier alpha value is -3.58. The van der Waals surface area contributed by atoms with Crippen molar-refractivity contribution in [2.75, 3.05) is 0 Å². The first-order chi connectivity index (χ1) is 14.6. The minimum atomic E-state index is -0.201. The minimum absolute atomic E-state index is 0.201. The lowest BCUT2D eigenvalue weighted by molar-refractivity contribution is -0.120. The molecular weight excluding hydrogens is 394 g/mol. The van der Waals surface area contributed by atoms with Crippen LogP contribution in [0.25, 0.3) is 16.9 Å². The average Bonchev–Trinajstić information content (AvgIpc) is 3.35. The third-order valence-electron chi connectivity index (χ3n) is 4.46. The van der Waals surface area contributed by atoms with Crippen molar-refractivity contribution in [2.24, 2.45) is 5.10 Å². The number of carbonyl (C=O) groups excluding carboxylic acids is 1. The summed E-state index contributed by atoms with van der Waals surface area (Å²) < 4.78 is 1.82. The molecule has 0 fully saturated rings. The van der Waals surface area contributed by atoms with Crippen LogP contribution in [0.5, 0.6) is 0 Å². The molecule has 0 bridgehead atoms. The summed E-state index contributed by atoms with van der Waals surface area (Å²) in [6.45, 7) is 3.96. The van der Waals surface area contributed by atoms with Crippen LogP contribution in [-0.2, 0) is 11.2 Å². The fourth-order valence-corrected chi connectivity index (χ4v) is 3.74. The fourth-order valence-electron chi connectivity index (χ4n) is 2.97. The highest BCUT2D eigenvalue weighted by Crippen LogP contribution is 2.23. The number of aromatic nitrogens is 3. The van der Waals surface area contributed by atoms with E-state index in [4.69, 9.17) is 5.10 Å². The Labute approximate surface area is 178 Å².